The highest BCUT2D eigenvalue weighted by molar-refractivity contribution is 5.96. The van der Waals surface area contributed by atoms with Crippen molar-refractivity contribution in [1.82, 2.24) is 25.3 Å². The van der Waals surface area contributed by atoms with Gasteiger partial charge in [-0.15, -0.1) is 0 Å². The van der Waals surface area contributed by atoms with E-state index in [9.17, 15) is 33.6 Å². The Kier molecular flexibility index (Phi) is 19.0. The first-order valence-corrected chi connectivity index (χ1v) is 20.3. The summed E-state index contributed by atoms with van der Waals surface area (Å²) in [5, 5.41) is 7.69. The number of urea groups is 1. The second kappa shape index (κ2) is 23.5. The molecule has 4 fully saturated rings. The topological polar surface area (TPSA) is 204 Å². The van der Waals surface area contributed by atoms with Crippen molar-refractivity contribution in [1.29, 1.82) is 0 Å². The van der Waals surface area contributed by atoms with Crippen LogP contribution in [-0.2, 0) is 33.5 Å². The number of rotatable bonds is 4. The number of nitrogens with one attached hydrogen (secondary N) is 3. The number of aryl methyl sites for hydroxylation is 1. The lowest BCUT2D eigenvalue weighted by atomic mass is 9.99. The van der Waals surface area contributed by atoms with Crippen molar-refractivity contribution >= 4 is 52.9 Å². The predicted octanol–water partition coefficient (Wildman–Crippen LogP) is 3.18. The number of carbonyl (C=O) groups excluding carboxylic acids is 7. The van der Waals surface area contributed by atoms with Gasteiger partial charge in [0.25, 0.3) is 0 Å². The fourth-order valence-electron chi connectivity index (χ4n) is 7.08. The first-order valence-electron chi connectivity index (χ1n) is 20.3. The van der Waals surface area contributed by atoms with E-state index in [2.05, 4.69) is 35.0 Å². The second-order valence-electron chi connectivity index (χ2n) is 14.5. The number of benzene rings is 2. The molecule has 0 aromatic heterocycles. The molecular weight excluding hydrogens is 745 g/mol. The number of esters is 1. The van der Waals surface area contributed by atoms with E-state index in [4.69, 9.17) is 10.5 Å². The zero-order valence-electron chi connectivity index (χ0n) is 34.8. The Hall–Kier alpha value is -5.67. The molecule has 4 heterocycles. The molecule has 16 heteroatoms. The zero-order chi connectivity index (χ0) is 42.8. The molecule has 0 aliphatic carbocycles. The number of nitrogens with zero attached hydrogens (tertiary/aromatic N) is 4. The normalized spacial score (nSPS) is 22.1. The van der Waals surface area contributed by atoms with Gasteiger partial charge in [-0.1, -0.05) is 49.7 Å². The standard InChI is InChI=1S/C22H32N4O6.C11H16N4O2.C7H8.C2H6/c1-14-20(29)26-12-5-8-17(26)22(31)32-13-9-18(27)24-11-4-7-16(24)21(30)25-10-3-2-6-15(25)19(28)23-14;1-15(2)9-5-3-8(4-6-9)14-11(17)13-7-10(12)16;1-7-5-3-2-4-6-7;1-2/h14-17H,2-13H2,1H3,(H,23,28);3-6H,7H2,1-2H3,(H2,12,16)(H2,13,14,17);2-6H,1H3;1-2H3. The van der Waals surface area contributed by atoms with E-state index in [0.717, 1.165) is 24.9 Å². The van der Waals surface area contributed by atoms with Crippen LogP contribution in [0.5, 0.6) is 0 Å². The minimum absolute atomic E-state index is 0.00347. The van der Waals surface area contributed by atoms with Crippen molar-refractivity contribution in [2.24, 2.45) is 5.73 Å². The van der Waals surface area contributed by atoms with E-state index in [1.54, 1.807) is 28.9 Å². The summed E-state index contributed by atoms with van der Waals surface area (Å²) < 4.78 is 5.33. The molecule has 58 heavy (non-hydrogen) atoms. The molecule has 2 aromatic carbocycles. The number of primary amides is 1. The minimum Gasteiger partial charge on any atom is -0.464 e. The Morgan fingerprint density at radius 3 is 1.98 bits per heavy atom. The van der Waals surface area contributed by atoms with Gasteiger partial charge in [-0.05, 0) is 83.1 Å². The van der Waals surface area contributed by atoms with E-state index >= 15 is 0 Å². The summed E-state index contributed by atoms with van der Waals surface area (Å²) in [7, 11) is 3.87. The highest BCUT2D eigenvalue weighted by atomic mass is 16.5. The first-order chi connectivity index (χ1) is 27.8. The highest BCUT2D eigenvalue weighted by Crippen LogP contribution is 2.26. The molecule has 4 aliphatic rings. The minimum atomic E-state index is -0.813. The highest BCUT2D eigenvalue weighted by Gasteiger charge is 2.43. The number of carbonyl (C=O) groups is 7. The van der Waals surface area contributed by atoms with Crippen LogP contribution in [0.2, 0.25) is 0 Å². The first kappa shape index (κ1) is 46.7. The lowest BCUT2D eigenvalue weighted by Gasteiger charge is -2.38. The van der Waals surface area contributed by atoms with Gasteiger partial charge in [0.1, 0.15) is 30.8 Å². The number of piperidine rings is 1. The summed E-state index contributed by atoms with van der Waals surface area (Å²) in [5.41, 5.74) is 7.91. The smallest absolute Gasteiger partial charge is 0.328 e. The second-order valence-corrected chi connectivity index (χ2v) is 14.5. The summed E-state index contributed by atoms with van der Waals surface area (Å²) in [5.74, 6) is -2.24. The van der Waals surface area contributed by atoms with Crippen molar-refractivity contribution in [3.05, 3.63) is 60.2 Å². The maximum atomic E-state index is 13.4. The van der Waals surface area contributed by atoms with Gasteiger partial charge in [0.15, 0.2) is 0 Å². The molecule has 318 valence electrons. The molecule has 4 aliphatic heterocycles. The number of hydrogen-bond acceptors (Lipinski definition) is 9. The maximum absolute atomic E-state index is 13.4. The molecule has 16 nitrogen and oxygen atoms in total. The molecule has 6 rings (SSSR count). The molecule has 0 spiro atoms. The Labute approximate surface area is 342 Å². The van der Waals surface area contributed by atoms with Crippen molar-refractivity contribution in [3.8, 4) is 0 Å². The zero-order valence-corrected chi connectivity index (χ0v) is 34.8. The SMILES string of the molecule is CC.CC1NC(=O)C2CCCCN2C(=O)C2CCCN2C(=O)CCOC(=O)C2CCCN2C1=O.CN(C)c1ccc(NC(=O)NCC(N)=O)cc1.Cc1ccccc1. The van der Waals surface area contributed by atoms with Gasteiger partial charge >= 0.3 is 12.0 Å². The summed E-state index contributed by atoms with van der Waals surface area (Å²) in [4.78, 5) is 93.2. The number of fused-ring (bicyclic) bond motifs is 3. The quantitative estimate of drug-likeness (QED) is 0.335. The maximum Gasteiger partial charge on any atom is 0.328 e. The Morgan fingerprint density at radius 2 is 1.38 bits per heavy atom. The number of anilines is 2. The summed E-state index contributed by atoms with van der Waals surface area (Å²) in [6.07, 6.45) is 4.59. The van der Waals surface area contributed by atoms with Gasteiger partial charge in [-0.25, -0.2) is 9.59 Å². The fourth-order valence-corrected chi connectivity index (χ4v) is 7.08. The summed E-state index contributed by atoms with van der Waals surface area (Å²) in [6.45, 7) is 8.80. The molecule has 4 atom stereocenters. The Bertz CT molecular complexity index is 1690. The van der Waals surface area contributed by atoms with E-state index < -0.39 is 42.1 Å². The number of cyclic esters (lactones) is 1. The van der Waals surface area contributed by atoms with Gasteiger partial charge in [0, 0.05) is 45.1 Å². The number of nitrogens with two attached hydrogens (primary N) is 1. The van der Waals surface area contributed by atoms with Gasteiger partial charge in [-0.2, -0.15) is 0 Å². The van der Waals surface area contributed by atoms with Gasteiger partial charge in [0.05, 0.1) is 13.0 Å². The third-order valence-corrected chi connectivity index (χ3v) is 10.0. The number of hydrogen-bond donors (Lipinski definition) is 4. The average molecular weight is 807 g/mol. The van der Waals surface area contributed by atoms with Crippen LogP contribution in [-0.4, -0.2) is 127 Å². The molecule has 5 N–H and O–H groups in total. The molecule has 2 aromatic rings. The van der Waals surface area contributed by atoms with Crippen molar-refractivity contribution in [2.75, 3.05) is 57.1 Å². The predicted molar refractivity (Wildman–Crippen MR) is 222 cm³/mol. The molecule has 4 unspecified atom stereocenters. The number of ether oxygens (including phenoxy) is 1. The fraction of sp³-hybridized carbons (Fsp3) is 0.548. The van der Waals surface area contributed by atoms with Crippen LogP contribution in [0.15, 0.2) is 54.6 Å². The molecule has 7 amide bonds. The van der Waals surface area contributed by atoms with Crippen molar-refractivity contribution < 1.29 is 38.3 Å². The average Bonchev–Trinajstić information content (AvgIpc) is 3.92. The van der Waals surface area contributed by atoms with Gasteiger partial charge < -0.3 is 46.0 Å². The van der Waals surface area contributed by atoms with Gasteiger partial charge in [0.2, 0.25) is 29.5 Å². The molecule has 4 saturated heterocycles. The van der Waals surface area contributed by atoms with E-state index in [1.165, 1.54) is 10.5 Å². The monoisotopic (exact) mass is 806 g/mol. The number of amides is 7. The largest absolute Gasteiger partial charge is 0.464 e. The molecule has 0 bridgehead atoms. The third kappa shape index (κ3) is 13.8. The Morgan fingerprint density at radius 1 is 0.793 bits per heavy atom. The molecular formula is C42H62N8O8. The van der Waals surface area contributed by atoms with E-state index in [1.807, 2.05) is 63.2 Å². The van der Waals surface area contributed by atoms with Crippen LogP contribution >= 0.6 is 0 Å². The van der Waals surface area contributed by atoms with Crippen LogP contribution < -0.4 is 26.6 Å². The summed E-state index contributed by atoms with van der Waals surface area (Å²) in [6, 6.07) is 14.4. The van der Waals surface area contributed by atoms with Crippen LogP contribution in [0, 0.1) is 6.92 Å². The van der Waals surface area contributed by atoms with Gasteiger partial charge in [-0.3, -0.25) is 24.0 Å². The summed E-state index contributed by atoms with van der Waals surface area (Å²) >= 11 is 0. The van der Waals surface area contributed by atoms with Crippen LogP contribution in [0.4, 0.5) is 16.2 Å². The van der Waals surface area contributed by atoms with Crippen molar-refractivity contribution in [2.45, 2.75) is 103 Å². The third-order valence-electron chi connectivity index (χ3n) is 10.0. The molecule has 0 saturated carbocycles. The Balaban J connectivity index is 0.000000287. The van der Waals surface area contributed by atoms with Crippen LogP contribution in [0.1, 0.15) is 77.7 Å². The van der Waals surface area contributed by atoms with Crippen LogP contribution in [0.25, 0.3) is 0 Å². The van der Waals surface area contributed by atoms with Crippen molar-refractivity contribution in [3.63, 3.8) is 0 Å². The lowest BCUT2D eigenvalue weighted by molar-refractivity contribution is -0.156. The van der Waals surface area contributed by atoms with Crippen LogP contribution in [0.3, 0.4) is 0 Å². The molecule has 0 radical (unpaired) electrons. The lowest BCUT2D eigenvalue weighted by Crippen LogP contribution is -2.59. The van der Waals surface area contributed by atoms with E-state index in [0.29, 0.717) is 51.0 Å². The van der Waals surface area contributed by atoms with E-state index in [-0.39, 0.29) is 43.2 Å².